The molecule has 5 nitrogen and oxygen atoms in total. The summed E-state index contributed by atoms with van der Waals surface area (Å²) < 4.78 is 5.88. The molecule has 3 aromatic rings. The largest absolute Gasteiger partial charge is 0.484 e. The van der Waals surface area contributed by atoms with Crippen LogP contribution in [0.15, 0.2) is 78.9 Å². The van der Waals surface area contributed by atoms with Crippen LogP contribution in [0.3, 0.4) is 0 Å². The third-order valence-electron chi connectivity index (χ3n) is 5.58. The van der Waals surface area contributed by atoms with Crippen LogP contribution < -0.4 is 10.1 Å². The van der Waals surface area contributed by atoms with Crippen LogP contribution in [0.5, 0.6) is 5.75 Å². The molecule has 1 unspecified atom stereocenters. The van der Waals surface area contributed by atoms with Gasteiger partial charge in [-0.1, -0.05) is 78.4 Å². The van der Waals surface area contributed by atoms with Gasteiger partial charge in [0.15, 0.2) is 6.61 Å². The first-order valence-corrected chi connectivity index (χ1v) is 11.7. The predicted molar refractivity (Wildman–Crippen MR) is 136 cm³/mol. The first-order chi connectivity index (χ1) is 16.3. The fraction of sp³-hybridized carbons (Fsp3) is 0.310. The number of aryl methyl sites for hydroxylation is 2. The Hall–Kier alpha value is -3.60. The number of carbonyl (C=O) groups is 2. The van der Waals surface area contributed by atoms with Gasteiger partial charge in [-0.15, -0.1) is 0 Å². The number of hydrogen-bond acceptors (Lipinski definition) is 3. The van der Waals surface area contributed by atoms with Gasteiger partial charge in [-0.05, 0) is 50.5 Å². The van der Waals surface area contributed by atoms with Crippen LogP contribution in [0.1, 0.15) is 36.1 Å². The first kappa shape index (κ1) is 25.0. The Balaban J connectivity index is 1.92. The van der Waals surface area contributed by atoms with Crippen molar-refractivity contribution < 1.29 is 14.3 Å². The average molecular weight is 459 g/mol. The summed E-state index contributed by atoms with van der Waals surface area (Å²) in [5, 5.41) is 3.00. The lowest BCUT2D eigenvalue weighted by Gasteiger charge is -2.32. The van der Waals surface area contributed by atoms with Gasteiger partial charge < -0.3 is 15.0 Å². The van der Waals surface area contributed by atoms with E-state index in [0.717, 1.165) is 22.3 Å². The second-order valence-electron chi connectivity index (χ2n) is 8.93. The normalized spacial score (nSPS) is 11.7. The summed E-state index contributed by atoms with van der Waals surface area (Å²) in [6.07, 6.45) is 0.418. The second kappa shape index (κ2) is 12.0. The summed E-state index contributed by atoms with van der Waals surface area (Å²) >= 11 is 0. The molecule has 0 bridgehead atoms. The van der Waals surface area contributed by atoms with Crippen molar-refractivity contribution in [1.29, 1.82) is 0 Å². The fourth-order valence-electron chi connectivity index (χ4n) is 3.88. The lowest BCUT2D eigenvalue weighted by atomic mass is 10.0. The van der Waals surface area contributed by atoms with Crippen LogP contribution in [0, 0.1) is 13.8 Å². The molecule has 0 heterocycles. The number of nitrogens with one attached hydrogen (secondary N) is 1. The van der Waals surface area contributed by atoms with Crippen LogP contribution in [0.4, 0.5) is 0 Å². The molecule has 1 atom stereocenters. The van der Waals surface area contributed by atoms with Crippen molar-refractivity contribution in [3.63, 3.8) is 0 Å². The van der Waals surface area contributed by atoms with E-state index in [9.17, 15) is 9.59 Å². The van der Waals surface area contributed by atoms with Gasteiger partial charge in [0.2, 0.25) is 5.91 Å². The third kappa shape index (κ3) is 7.20. The molecule has 0 saturated carbocycles. The van der Waals surface area contributed by atoms with E-state index in [2.05, 4.69) is 5.32 Å². The van der Waals surface area contributed by atoms with Gasteiger partial charge in [0.1, 0.15) is 11.8 Å². The van der Waals surface area contributed by atoms with Gasteiger partial charge >= 0.3 is 0 Å². The molecule has 3 aromatic carbocycles. The molecule has 0 radical (unpaired) electrons. The van der Waals surface area contributed by atoms with Crippen molar-refractivity contribution in [2.75, 3.05) is 6.61 Å². The van der Waals surface area contributed by atoms with Crippen molar-refractivity contribution in [2.24, 2.45) is 0 Å². The first-order valence-electron chi connectivity index (χ1n) is 11.7. The predicted octanol–water partition coefficient (Wildman–Crippen LogP) is 4.85. The number of para-hydroxylation sites is 1. The van der Waals surface area contributed by atoms with Crippen LogP contribution in [0.25, 0.3) is 0 Å². The number of rotatable bonds is 10. The number of nitrogens with zero attached hydrogens (tertiary/aromatic N) is 1. The quantitative estimate of drug-likeness (QED) is 0.473. The zero-order valence-electron chi connectivity index (χ0n) is 20.5. The van der Waals surface area contributed by atoms with E-state index in [4.69, 9.17) is 4.74 Å². The highest BCUT2D eigenvalue weighted by Crippen LogP contribution is 2.19. The molecule has 0 aliphatic rings. The van der Waals surface area contributed by atoms with E-state index < -0.39 is 6.04 Å². The van der Waals surface area contributed by atoms with E-state index in [1.54, 1.807) is 4.90 Å². The van der Waals surface area contributed by atoms with Crippen LogP contribution in [0.2, 0.25) is 0 Å². The topological polar surface area (TPSA) is 58.6 Å². The van der Waals surface area contributed by atoms with Crippen molar-refractivity contribution in [3.8, 4) is 5.75 Å². The molecule has 0 aliphatic carbocycles. The maximum atomic E-state index is 13.6. The Kier molecular flexibility index (Phi) is 8.86. The molecule has 178 valence electrons. The standard InChI is InChI=1S/C29H34N2O3/c1-21(2)30-29(33)26(18-24-13-6-5-7-14-24)31(19-25-15-10-11-22(3)17-25)28(32)20-34-27-16-9-8-12-23(27)4/h5-17,21,26H,18-20H2,1-4H3,(H,30,33). The third-order valence-corrected chi connectivity index (χ3v) is 5.58. The molecular weight excluding hydrogens is 424 g/mol. The minimum atomic E-state index is -0.668. The number of hydrogen-bond donors (Lipinski definition) is 1. The maximum absolute atomic E-state index is 13.6. The average Bonchev–Trinajstić information content (AvgIpc) is 2.81. The van der Waals surface area contributed by atoms with Crippen LogP contribution >= 0.6 is 0 Å². The molecule has 1 N–H and O–H groups in total. The molecule has 34 heavy (non-hydrogen) atoms. The highest BCUT2D eigenvalue weighted by molar-refractivity contribution is 5.88. The van der Waals surface area contributed by atoms with E-state index in [1.165, 1.54) is 0 Å². The molecule has 0 fully saturated rings. The van der Waals surface area contributed by atoms with Gasteiger partial charge in [-0.3, -0.25) is 9.59 Å². The zero-order valence-corrected chi connectivity index (χ0v) is 20.5. The Morgan fingerprint density at radius 1 is 0.882 bits per heavy atom. The Bertz CT molecular complexity index is 1100. The number of ether oxygens (including phenoxy) is 1. The van der Waals surface area contributed by atoms with Crippen molar-refractivity contribution in [2.45, 2.75) is 52.7 Å². The summed E-state index contributed by atoms with van der Waals surface area (Å²) in [5.74, 6) is 0.262. The SMILES string of the molecule is Cc1cccc(CN(C(=O)COc2ccccc2C)C(Cc2ccccc2)C(=O)NC(C)C)c1. The molecule has 3 rings (SSSR count). The van der Waals surface area contributed by atoms with Crippen molar-refractivity contribution >= 4 is 11.8 Å². The fourth-order valence-corrected chi connectivity index (χ4v) is 3.88. The molecular formula is C29H34N2O3. The second-order valence-corrected chi connectivity index (χ2v) is 8.93. The van der Waals surface area contributed by atoms with Crippen LogP contribution in [-0.2, 0) is 22.6 Å². The molecule has 2 amide bonds. The Morgan fingerprint density at radius 3 is 2.24 bits per heavy atom. The molecule has 0 spiro atoms. The monoisotopic (exact) mass is 458 g/mol. The van der Waals surface area contributed by atoms with E-state index in [0.29, 0.717) is 18.7 Å². The smallest absolute Gasteiger partial charge is 0.261 e. The van der Waals surface area contributed by atoms with E-state index in [1.807, 2.05) is 107 Å². The summed E-state index contributed by atoms with van der Waals surface area (Å²) in [6.45, 7) is 7.98. The summed E-state index contributed by atoms with van der Waals surface area (Å²) in [7, 11) is 0. The summed E-state index contributed by atoms with van der Waals surface area (Å²) in [6, 6.07) is 24.7. The van der Waals surface area contributed by atoms with Gasteiger partial charge in [-0.2, -0.15) is 0 Å². The van der Waals surface area contributed by atoms with Gasteiger partial charge in [-0.25, -0.2) is 0 Å². The van der Waals surface area contributed by atoms with Crippen LogP contribution in [-0.4, -0.2) is 35.4 Å². The van der Waals surface area contributed by atoms with Crippen molar-refractivity contribution in [1.82, 2.24) is 10.2 Å². The Morgan fingerprint density at radius 2 is 1.56 bits per heavy atom. The maximum Gasteiger partial charge on any atom is 0.261 e. The molecule has 0 saturated heterocycles. The van der Waals surface area contributed by atoms with E-state index in [-0.39, 0.29) is 24.5 Å². The summed E-state index contributed by atoms with van der Waals surface area (Å²) in [4.78, 5) is 28.6. The lowest BCUT2D eigenvalue weighted by molar-refractivity contribution is -0.143. The number of amides is 2. The van der Waals surface area contributed by atoms with E-state index >= 15 is 0 Å². The minimum Gasteiger partial charge on any atom is -0.484 e. The van der Waals surface area contributed by atoms with Crippen molar-refractivity contribution in [3.05, 3.63) is 101 Å². The van der Waals surface area contributed by atoms with Gasteiger partial charge in [0.05, 0.1) is 0 Å². The highest BCUT2D eigenvalue weighted by atomic mass is 16.5. The summed E-state index contributed by atoms with van der Waals surface area (Å²) in [5.41, 5.74) is 4.03. The number of carbonyl (C=O) groups excluding carboxylic acids is 2. The highest BCUT2D eigenvalue weighted by Gasteiger charge is 2.31. The molecule has 0 aromatic heterocycles. The number of benzene rings is 3. The van der Waals surface area contributed by atoms with Gasteiger partial charge in [0.25, 0.3) is 5.91 Å². The lowest BCUT2D eigenvalue weighted by Crippen LogP contribution is -2.52. The Labute approximate surface area is 202 Å². The zero-order chi connectivity index (χ0) is 24.5. The molecule has 5 heteroatoms. The van der Waals surface area contributed by atoms with Gasteiger partial charge in [0, 0.05) is 19.0 Å². The molecule has 0 aliphatic heterocycles. The minimum absolute atomic E-state index is 0.0371.